The molecule has 0 saturated heterocycles. The summed E-state index contributed by atoms with van der Waals surface area (Å²) in [6, 6.07) is 11.0. The highest BCUT2D eigenvalue weighted by molar-refractivity contribution is 5.82. The number of hydrogen-bond donors (Lipinski definition) is 1. The first-order valence-corrected chi connectivity index (χ1v) is 7.32. The fourth-order valence-corrected chi connectivity index (χ4v) is 2.27. The van der Waals surface area contributed by atoms with E-state index in [4.69, 9.17) is 4.74 Å². The zero-order valence-electron chi connectivity index (χ0n) is 12.4. The predicted octanol–water partition coefficient (Wildman–Crippen LogP) is 3.66. The lowest BCUT2D eigenvalue weighted by Crippen LogP contribution is -2.24. The molecular formula is C17H22N2O. The second kappa shape index (κ2) is 5.06. The van der Waals surface area contributed by atoms with Crippen LogP contribution in [-0.2, 0) is 6.54 Å². The molecule has 0 amide bonds. The van der Waals surface area contributed by atoms with Crippen LogP contribution in [0.4, 0.5) is 0 Å². The standard InChI is InChI=1S/C17H22N2O/c1-17(2,3)20-16-10-12(11-18-13-8-9-13)14-6-4-5-7-15(14)19-16/h4-7,10,13,18H,8-9,11H2,1-3H3. The van der Waals surface area contributed by atoms with Gasteiger partial charge in [0.05, 0.1) is 5.52 Å². The van der Waals surface area contributed by atoms with Crippen LogP contribution in [-0.4, -0.2) is 16.6 Å². The first kappa shape index (κ1) is 13.4. The number of pyridine rings is 1. The third kappa shape index (κ3) is 3.28. The summed E-state index contributed by atoms with van der Waals surface area (Å²) in [7, 11) is 0. The minimum absolute atomic E-state index is 0.226. The lowest BCUT2D eigenvalue weighted by molar-refractivity contribution is 0.124. The fraction of sp³-hybridized carbons (Fsp3) is 0.471. The number of para-hydroxylation sites is 1. The van der Waals surface area contributed by atoms with Crippen molar-refractivity contribution in [1.82, 2.24) is 10.3 Å². The Hall–Kier alpha value is -1.61. The van der Waals surface area contributed by atoms with Crippen molar-refractivity contribution >= 4 is 10.9 Å². The van der Waals surface area contributed by atoms with E-state index in [-0.39, 0.29) is 5.60 Å². The van der Waals surface area contributed by atoms with E-state index in [1.807, 2.05) is 32.9 Å². The smallest absolute Gasteiger partial charge is 0.214 e. The van der Waals surface area contributed by atoms with Crippen molar-refractivity contribution in [3.05, 3.63) is 35.9 Å². The number of fused-ring (bicyclic) bond motifs is 1. The molecule has 0 bridgehead atoms. The van der Waals surface area contributed by atoms with Crippen molar-refractivity contribution in [3.63, 3.8) is 0 Å². The number of ether oxygens (including phenoxy) is 1. The van der Waals surface area contributed by atoms with Crippen molar-refractivity contribution in [2.45, 2.75) is 51.8 Å². The summed E-state index contributed by atoms with van der Waals surface area (Å²) in [6.45, 7) is 7.03. The molecule has 1 aliphatic carbocycles. The SMILES string of the molecule is CC(C)(C)Oc1cc(CNC2CC2)c2ccccc2n1. The molecule has 1 heterocycles. The second-order valence-electron chi connectivity index (χ2n) is 6.51. The van der Waals surface area contributed by atoms with Crippen LogP contribution in [0.3, 0.4) is 0 Å². The molecule has 20 heavy (non-hydrogen) atoms. The Morgan fingerprint density at radius 3 is 2.70 bits per heavy atom. The molecule has 3 rings (SSSR count). The van der Waals surface area contributed by atoms with Crippen molar-refractivity contribution in [1.29, 1.82) is 0 Å². The summed E-state index contributed by atoms with van der Waals surface area (Å²) in [6.07, 6.45) is 2.60. The Kier molecular flexibility index (Phi) is 3.38. The highest BCUT2D eigenvalue weighted by Crippen LogP contribution is 2.26. The zero-order valence-corrected chi connectivity index (χ0v) is 12.4. The molecule has 1 aromatic heterocycles. The van der Waals surface area contributed by atoms with E-state index in [2.05, 4.69) is 28.5 Å². The van der Waals surface area contributed by atoms with Gasteiger partial charge in [0, 0.05) is 24.0 Å². The molecule has 1 aromatic carbocycles. The third-order valence-corrected chi connectivity index (χ3v) is 3.35. The molecule has 1 fully saturated rings. The normalized spacial score (nSPS) is 15.6. The molecule has 1 aliphatic rings. The monoisotopic (exact) mass is 270 g/mol. The number of nitrogens with one attached hydrogen (secondary N) is 1. The largest absolute Gasteiger partial charge is 0.472 e. The van der Waals surface area contributed by atoms with Gasteiger partial charge in [-0.1, -0.05) is 18.2 Å². The van der Waals surface area contributed by atoms with Crippen LogP contribution < -0.4 is 10.1 Å². The van der Waals surface area contributed by atoms with Crippen molar-refractivity contribution < 1.29 is 4.74 Å². The highest BCUT2D eigenvalue weighted by Gasteiger charge is 2.21. The van der Waals surface area contributed by atoms with Crippen LogP contribution in [0.15, 0.2) is 30.3 Å². The van der Waals surface area contributed by atoms with Gasteiger partial charge in [0.1, 0.15) is 5.60 Å². The molecule has 0 unspecified atom stereocenters. The minimum Gasteiger partial charge on any atom is -0.472 e. The highest BCUT2D eigenvalue weighted by atomic mass is 16.5. The molecule has 3 nitrogen and oxygen atoms in total. The number of hydrogen-bond acceptors (Lipinski definition) is 3. The summed E-state index contributed by atoms with van der Waals surface area (Å²) in [5, 5.41) is 4.78. The number of nitrogens with zero attached hydrogens (tertiary/aromatic N) is 1. The lowest BCUT2D eigenvalue weighted by Gasteiger charge is -2.21. The topological polar surface area (TPSA) is 34.1 Å². The summed E-state index contributed by atoms with van der Waals surface area (Å²) in [5.41, 5.74) is 2.04. The second-order valence-corrected chi connectivity index (χ2v) is 6.51. The molecule has 1 N–H and O–H groups in total. The summed E-state index contributed by atoms with van der Waals surface area (Å²) in [4.78, 5) is 4.61. The lowest BCUT2D eigenvalue weighted by atomic mass is 10.1. The maximum Gasteiger partial charge on any atom is 0.214 e. The Bertz CT molecular complexity index is 612. The van der Waals surface area contributed by atoms with Crippen LogP contribution in [0.5, 0.6) is 5.88 Å². The summed E-state index contributed by atoms with van der Waals surface area (Å²) >= 11 is 0. The van der Waals surface area contributed by atoms with Gasteiger partial charge in [-0.05, 0) is 45.2 Å². The Morgan fingerprint density at radius 2 is 2.00 bits per heavy atom. The van der Waals surface area contributed by atoms with Gasteiger partial charge < -0.3 is 10.1 Å². The van der Waals surface area contributed by atoms with Gasteiger partial charge in [-0.15, -0.1) is 0 Å². The molecule has 0 aliphatic heterocycles. The fourth-order valence-electron chi connectivity index (χ4n) is 2.27. The molecule has 106 valence electrons. The maximum absolute atomic E-state index is 5.93. The van der Waals surface area contributed by atoms with Gasteiger partial charge in [0.2, 0.25) is 5.88 Å². The van der Waals surface area contributed by atoms with Crippen LogP contribution in [0, 0.1) is 0 Å². The van der Waals surface area contributed by atoms with E-state index in [1.165, 1.54) is 23.8 Å². The van der Waals surface area contributed by atoms with E-state index in [0.717, 1.165) is 12.1 Å². The molecule has 1 saturated carbocycles. The van der Waals surface area contributed by atoms with Gasteiger partial charge in [0.15, 0.2) is 0 Å². The van der Waals surface area contributed by atoms with Crippen LogP contribution in [0.25, 0.3) is 10.9 Å². The van der Waals surface area contributed by atoms with Crippen LogP contribution >= 0.6 is 0 Å². The van der Waals surface area contributed by atoms with Crippen LogP contribution in [0.2, 0.25) is 0 Å². The third-order valence-electron chi connectivity index (χ3n) is 3.35. The van der Waals surface area contributed by atoms with E-state index >= 15 is 0 Å². The van der Waals surface area contributed by atoms with Gasteiger partial charge in [0.25, 0.3) is 0 Å². The van der Waals surface area contributed by atoms with E-state index < -0.39 is 0 Å². The van der Waals surface area contributed by atoms with Crippen molar-refractivity contribution in [2.24, 2.45) is 0 Å². The van der Waals surface area contributed by atoms with Gasteiger partial charge in [-0.2, -0.15) is 0 Å². The Morgan fingerprint density at radius 1 is 1.25 bits per heavy atom. The number of benzene rings is 1. The Balaban J connectivity index is 1.95. The van der Waals surface area contributed by atoms with E-state index in [1.54, 1.807) is 0 Å². The van der Waals surface area contributed by atoms with Gasteiger partial charge >= 0.3 is 0 Å². The molecule has 0 spiro atoms. The average molecular weight is 270 g/mol. The van der Waals surface area contributed by atoms with Crippen LogP contribution in [0.1, 0.15) is 39.2 Å². The van der Waals surface area contributed by atoms with Gasteiger partial charge in [-0.3, -0.25) is 0 Å². The zero-order chi connectivity index (χ0) is 14.2. The van der Waals surface area contributed by atoms with E-state index in [0.29, 0.717) is 11.9 Å². The maximum atomic E-state index is 5.93. The molecular weight excluding hydrogens is 248 g/mol. The quantitative estimate of drug-likeness (QED) is 0.920. The molecule has 3 heteroatoms. The van der Waals surface area contributed by atoms with Crippen molar-refractivity contribution in [2.75, 3.05) is 0 Å². The molecule has 0 radical (unpaired) electrons. The predicted molar refractivity (Wildman–Crippen MR) is 82.0 cm³/mol. The number of aromatic nitrogens is 1. The van der Waals surface area contributed by atoms with Gasteiger partial charge in [-0.25, -0.2) is 4.98 Å². The van der Waals surface area contributed by atoms with E-state index in [9.17, 15) is 0 Å². The summed E-state index contributed by atoms with van der Waals surface area (Å²) < 4.78 is 5.93. The van der Waals surface area contributed by atoms with Crippen molar-refractivity contribution in [3.8, 4) is 5.88 Å². The average Bonchev–Trinajstić information content (AvgIpc) is 3.18. The first-order chi connectivity index (χ1) is 9.51. The summed E-state index contributed by atoms with van der Waals surface area (Å²) in [5.74, 6) is 0.712. The first-order valence-electron chi connectivity index (χ1n) is 7.32. The minimum atomic E-state index is -0.226. The Labute approximate surface area is 120 Å². The molecule has 0 atom stereocenters. The number of rotatable bonds is 4. The molecule has 2 aromatic rings.